The third-order valence-electron chi connectivity index (χ3n) is 3.51. The Bertz CT molecular complexity index is 398. The molecular formula is C13H20N4O. The van der Waals surface area contributed by atoms with Crippen LogP contribution in [0, 0.1) is 0 Å². The summed E-state index contributed by atoms with van der Waals surface area (Å²) in [5.74, 6) is 0.676. The number of anilines is 1. The lowest BCUT2D eigenvalue weighted by atomic mass is 10.2. The first kappa shape index (κ1) is 12.8. The summed E-state index contributed by atoms with van der Waals surface area (Å²) in [6.45, 7) is 2.75. The maximum absolute atomic E-state index is 12.4. The number of hydrogen-bond donors (Lipinski definition) is 1. The van der Waals surface area contributed by atoms with E-state index in [-0.39, 0.29) is 5.91 Å². The molecule has 1 aromatic rings. The van der Waals surface area contributed by atoms with Crippen molar-refractivity contribution in [3.8, 4) is 0 Å². The Morgan fingerprint density at radius 2 is 2.11 bits per heavy atom. The van der Waals surface area contributed by atoms with Crippen molar-refractivity contribution < 1.29 is 4.79 Å². The van der Waals surface area contributed by atoms with Crippen LogP contribution in [0.15, 0.2) is 12.1 Å². The molecule has 1 aromatic heterocycles. The molecule has 0 aliphatic heterocycles. The van der Waals surface area contributed by atoms with E-state index in [0.717, 1.165) is 19.4 Å². The first-order chi connectivity index (χ1) is 8.76. The van der Waals surface area contributed by atoms with Gasteiger partial charge in [0, 0.05) is 19.6 Å². The lowest BCUT2D eigenvalue weighted by Gasteiger charge is -2.27. The fourth-order valence-electron chi connectivity index (χ4n) is 2.51. The molecular weight excluding hydrogens is 228 g/mol. The van der Waals surface area contributed by atoms with Crippen LogP contribution in [0.3, 0.4) is 0 Å². The quantitative estimate of drug-likeness (QED) is 0.884. The second-order valence-corrected chi connectivity index (χ2v) is 4.58. The van der Waals surface area contributed by atoms with Crippen LogP contribution in [-0.2, 0) is 0 Å². The van der Waals surface area contributed by atoms with E-state index in [0.29, 0.717) is 17.6 Å². The Balaban J connectivity index is 2.11. The molecule has 1 heterocycles. The van der Waals surface area contributed by atoms with E-state index in [4.69, 9.17) is 0 Å². The van der Waals surface area contributed by atoms with Gasteiger partial charge in [-0.2, -0.15) is 0 Å². The molecule has 18 heavy (non-hydrogen) atoms. The predicted octanol–water partition coefficient (Wildman–Crippen LogP) is 1.92. The van der Waals surface area contributed by atoms with E-state index in [2.05, 4.69) is 15.5 Å². The van der Waals surface area contributed by atoms with Crippen LogP contribution in [0.1, 0.15) is 43.1 Å². The Kier molecular flexibility index (Phi) is 4.12. The van der Waals surface area contributed by atoms with Gasteiger partial charge in [-0.1, -0.05) is 12.8 Å². The second-order valence-electron chi connectivity index (χ2n) is 4.58. The fourth-order valence-corrected chi connectivity index (χ4v) is 2.51. The third kappa shape index (κ3) is 2.60. The summed E-state index contributed by atoms with van der Waals surface area (Å²) in [5.41, 5.74) is 0.433. The Morgan fingerprint density at radius 1 is 1.39 bits per heavy atom. The first-order valence-electron chi connectivity index (χ1n) is 6.58. The molecule has 1 saturated carbocycles. The molecule has 1 N–H and O–H groups in total. The predicted molar refractivity (Wildman–Crippen MR) is 70.5 cm³/mol. The normalized spacial score (nSPS) is 15.7. The molecule has 0 radical (unpaired) electrons. The van der Waals surface area contributed by atoms with E-state index in [1.807, 2.05) is 11.8 Å². The van der Waals surface area contributed by atoms with E-state index in [9.17, 15) is 4.79 Å². The van der Waals surface area contributed by atoms with Gasteiger partial charge in [-0.3, -0.25) is 4.79 Å². The van der Waals surface area contributed by atoms with Gasteiger partial charge in [0.2, 0.25) is 0 Å². The first-order valence-corrected chi connectivity index (χ1v) is 6.58. The van der Waals surface area contributed by atoms with Gasteiger partial charge in [-0.15, -0.1) is 10.2 Å². The second kappa shape index (κ2) is 5.80. The van der Waals surface area contributed by atoms with Crippen LogP contribution in [0.4, 0.5) is 5.82 Å². The summed E-state index contributed by atoms with van der Waals surface area (Å²) in [5, 5.41) is 10.8. The molecule has 5 heteroatoms. The highest BCUT2D eigenvalue weighted by molar-refractivity contribution is 5.92. The summed E-state index contributed by atoms with van der Waals surface area (Å²) in [7, 11) is 1.78. The van der Waals surface area contributed by atoms with Gasteiger partial charge >= 0.3 is 0 Å². The fraction of sp³-hybridized carbons (Fsp3) is 0.615. The largest absolute Gasteiger partial charge is 0.372 e. The summed E-state index contributed by atoms with van der Waals surface area (Å²) in [6.07, 6.45) is 4.67. The third-order valence-corrected chi connectivity index (χ3v) is 3.51. The van der Waals surface area contributed by atoms with Gasteiger partial charge < -0.3 is 10.2 Å². The molecule has 0 aromatic carbocycles. The van der Waals surface area contributed by atoms with Crippen molar-refractivity contribution in [2.45, 2.75) is 38.6 Å². The maximum Gasteiger partial charge on any atom is 0.274 e. The van der Waals surface area contributed by atoms with Gasteiger partial charge in [0.05, 0.1) is 0 Å². The number of nitrogens with one attached hydrogen (secondary N) is 1. The van der Waals surface area contributed by atoms with Gasteiger partial charge in [-0.05, 0) is 31.9 Å². The van der Waals surface area contributed by atoms with Crippen LogP contribution in [0.25, 0.3) is 0 Å². The molecule has 0 atom stereocenters. The highest BCUT2D eigenvalue weighted by Crippen LogP contribution is 2.24. The molecule has 2 rings (SSSR count). The topological polar surface area (TPSA) is 58.1 Å². The van der Waals surface area contributed by atoms with E-state index < -0.39 is 0 Å². The number of aromatic nitrogens is 2. The molecule has 0 spiro atoms. The van der Waals surface area contributed by atoms with Crippen molar-refractivity contribution in [1.82, 2.24) is 15.1 Å². The lowest BCUT2D eigenvalue weighted by Crippen LogP contribution is -2.39. The average molecular weight is 248 g/mol. The number of nitrogens with zero attached hydrogens (tertiary/aromatic N) is 3. The zero-order valence-corrected chi connectivity index (χ0v) is 11.0. The Morgan fingerprint density at radius 3 is 2.61 bits per heavy atom. The minimum atomic E-state index is -0.000414. The zero-order valence-electron chi connectivity index (χ0n) is 11.0. The van der Waals surface area contributed by atoms with Gasteiger partial charge in [-0.25, -0.2) is 0 Å². The SMILES string of the molecule is CCN(C(=O)c1ccc(NC)nn1)C1CCCC1. The van der Waals surface area contributed by atoms with Crippen LogP contribution in [0.2, 0.25) is 0 Å². The van der Waals surface area contributed by atoms with E-state index in [1.54, 1.807) is 19.2 Å². The summed E-state index contributed by atoms with van der Waals surface area (Å²) >= 11 is 0. The standard InChI is InChI=1S/C13H20N4O/c1-3-17(10-6-4-5-7-10)13(18)11-8-9-12(14-2)16-15-11/h8-10H,3-7H2,1-2H3,(H,14,16). The minimum absolute atomic E-state index is 0.000414. The number of carbonyl (C=O) groups excluding carboxylic acids is 1. The Labute approximate surface area is 108 Å². The molecule has 0 saturated heterocycles. The van der Waals surface area contributed by atoms with E-state index in [1.165, 1.54) is 12.8 Å². The highest BCUT2D eigenvalue weighted by atomic mass is 16.2. The van der Waals surface area contributed by atoms with Crippen molar-refractivity contribution in [3.63, 3.8) is 0 Å². The van der Waals surface area contributed by atoms with Crippen molar-refractivity contribution >= 4 is 11.7 Å². The number of carbonyl (C=O) groups is 1. The number of amides is 1. The van der Waals surface area contributed by atoms with Crippen molar-refractivity contribution in [2.24, 2.45) is 0 Å². The smallest absolute Gasteiger partial charge is 0.274 e. The van der Waals surface area contributed by atoms with Crippen LogP contribution in [0.5, 0.6) is 0 Å². The molecule has 1 aliphatic carbocycles. The molecule has 5 nitrogen and oxygen atoms in total. The van der Waals surface area contributed by atoms with Gasteiger partial charge in [0.15, 0.2) is 5.69 Å². The van der Waals surface area contributed by atoms with Crippen molar-refractivity contribution in [1.29, 1.82) is 0 Å². The molecule has 98 valence electrons. The summed E-state index contributed by atoms with van der Waals surface area (Å²) in [4.78, 5) is 14.3. The molecule has 1 amide bonds. The van der Waals surface area contributed by atoms with Gasteiger partial charge in [0.25, 0.3) is 5.91 Å². The number of hydrogen-bond acceptors (Lipinski definition) is 4. The Hall–Kier alpha value is -1.65. The van der Waals surface area contributed by atoms with Crippen molar-refractivity contribution in [3.05, 3.63) is 17.8 Å². The highest BCUT2D eigenvalue weighted by Gasteiger charge is 2.26. The zero-order chi connectivity index (χ0) is 13.0. The van der Waals surface area contributed by atoms with E-state index >= 15 is 0 Å². The summed E-state index contributed by atoms with van der Waals surface area (Å²) < 4.78 is 0. The van der Waals surface area contributed by atoms with Crippen LogP contribution in [-0.4, -0.2) is 40.6 Å². The number of rotatable bonds is 4. The van der Waals surface area contributed by atoms with Crippen LogP contribution >= 0.6 is 0 Å². The molecule has 1 aliphatic rings. The maximum atomic E-state index is 12.4. The molecule has 0 unspecified atom stereocenters. The monoisotopic (exact) mass is 248 g/mol. The minimum Gasteiger partial charge on any atom is -0.372 e. The van der Waals surface area contributed by atoms with Crippen molar-refractivity contribution in [2.75, 3.05) is 18.9 Å². The summed E-state index contributed by atoms with van der Waals surface area (Å²) in [6, 6.07) is 3.90. The average Bonchev–Trinajstić information content (AvgIpc) is 2.93. The van der Waals surface area contributed by atoms with Gasteiger partial charge in [0.1, 0.15) is 5.82 Å². The molecule has 1 fully saturated rings. The molecule has 0 bridgehead atoms. The lowest BCUT2D eigenvalue weighted by molar-refractivity contribution is 0.0686. The van der Waals surface area contributed by atoms with Crippen LogP contribution < -0.4 is 5.32 Å².